The minimum Gasteiger partial charge on any atom is -0.512 e. The van der Waals surface area contributed by atoms with E-state index in [0.29, 0.717) is 0 Å². The van der Waals surface area contributed by atoms with Gasteiger partial charge in [-0.3, -0.25) is 4.79 Å². The van der Waals surface area contributed by atoms with Crippen molar-refractivity contribution in [3.05, 3.63) is 12.0 Å². The van der Waals surface area contributed by atoms with Crippen LogP contribution in [-0.4, -0.2) is 56.4 Å². The van der Waals surface area contributed by atoms with Gasteiger partial charge < -0.3 is 30.3 Å². The van der Waals surface area contributed by atoms with Gasteiger partial charge in [0.25, 0.3) is 0 Å². The summed E-state index contributed by atoms with van der Waals surface area (Å²) >= 11 is 0. The largest absolute Gasteiger partial charge is 0.512 e. The van der Waals surface area contributed by atoms with Gasteiger partial charge >= 0.3 is 5.97 Å². The Hall–Kier alpha value is -1.31. The van der Waals surface area contributed by atoms with Crippen molar-refractivity contribution in [1.82, 2.24) is 0 Å². The summed E-state index contributed by atoms with van der Waals surface area (Å²) in [6.45, 7) is 0.590. The van der Waals surface area contributed by atoms with Gasteiger partial charge in [-0.2, -0.15) is 0 Å². The fourth-order valence-electron chi connectivity index (χ4n) is 0.763. The molecule has 0 aromatic heterocycles. The summed E-state index contributed by atoms with van der Waals surface area (Å²) < 4.78 is 4.36. The minimum absolute atomic E-state index is 0.187. The molecule has 0 heterocycles. The number of aliphatic hydroxyl groups is 5. The highest BCUT2D eigenvalue weighted by molar-refractivity contribution is 5.65. The van der Waals surface area contributed by atoms with Gasteiger partial charge in [0.2, 0.25) is 0 Å². The molecule has 0 aliphatic rings. The number of hydrogen-bond donors (Lipinski definition) is 5. The normalized spacial score (nSPS) is 18.0. The van der Waals surface area contributed by atoms with Crippen LogP contribution in [0.5, 0.6) is 0 Å². The van der Waals surface area contributed by atoms with E-state index in [4.69, 9.17) is 15.3 Å². The van der Waals surface area contributed by atoms with Crippen molar-refractivity contribution in [1.29, 1.82) is 0 Å². The molecule has 0 rings (SSSR count). The monoisotopic (exact) mass is 222 g/mol. The average molecular weight is 222 g/mol. The number of aliphatic hydroxyl groups excluding tert-OH is 5. The molecule has 0 fully saturated rings. The number of carbonyl (C=O) groups is 1. The van der Waals surface area contributed by atoms with E-state index < -0.39 is 36.6 Å². The van der Waals surface area contributed by atoms with Crippen molar-refractivity contribution in [2.75, 3.05) is 6.61 Å². The maximum Gasteiger partial charge on any atom is 0.302 e. The molecular weight excluding hydrogens is 208 g/mol. The minimum atomic E-state index is -1.85. The smallest absolute Gasteiger partial charge is 0.302 e. The van der Waals surface area contributed by atoms with Crippen LogP contribution in [0.2, 0.25) is 0 Å². The molecule has 0 radical (unpaired) electrons. The van der Waals surface area contributed by atoms with Crippen LogP contribution in [0.4, 0.5) is 0 Å². The van der Waals surface area contributed by atoms with Gasteiger partial charge in [0.15, 0.2) is 5.76 Å². The van der Waals surface area contributed by atoms with Gasteiger partial charge in [-0.15, -0.1) is 0 Å². The number of hydrogen-bond acceptors (Lipinski definition) is 7. The molecular formula is C8H14O7. The van der Waals surface area contributed by atoms with Crippen molar-refractivity contribution in [3.8, 4) is 0 Å². The molecule has 0 bridgehead atoms. The van der Waals surface area contributed by atoms with E-state index in [0.717, 1.165) is 6.92 Å². The Kier molecular flexibility index (Phi) is 5.68. The van der Waals surface area contributed by atoms with E-state index in [1.165, 1.54) is 0 Å². The van der Waals surface area contributed by atoms with Gasteiger partial charge in [0.05, 0.1) is 0 Å². The highest BCUT2D eigenvalue weighted by Crippen LogP contribution is 2.07. The number of rotatable bonds is 5. The summed E-state index contributed by atoms with van der Waals surface area (Å²) in [5, 5.41) is 44.6. The fraction of sp³-hybridized carbons (Fsp3) is 0.625. The Morgan fingerprint density at radius 1 is 1.40 bits per heavy atom. The second-order valence-electron chi connectivity index (χ2n) is 2.86. The first-order valence-electron chi connectivity index (χ1n) is 4.11. The van der Waals surface area contributed by atoms with Crippen LogP contribution in [0.3, 0.4) is 0 Å². The molecule has 0 aromatic rings. The summed E-state index contributed by atoms with van der Waals surface area (Å²) in [7, 11) is 0. The zero-order chi connectivity index (χ0) is 12.0. The average Bonchev–Trinajstić information content (AvgIpc) is 2.22. The van der Waals surface area contributed by atoms with E-state index in [-0.39, 0.29) is 6.26 Å². The van der Waals surface area contributed by atoms with Gasteiger partial charge in [-0.05, 0) is 0 Å². The zero-order valence-electron chi connectivity index (χ0n) is 8.07. The van der Waals surface area contributed by atoms with Gasteiger partial charge in [-0.1, -0.05) is 0 Å². The topological polar surface area (TPSA) is 127 Å². The lowest BCUT2D eigenvalue weighted by molar-refractivity contribution is -0.148. The highest BCUT2D eigenvalue weighted by Gasteiger charge is 2.28. The molecule has 0 spiro atoms. The first-order valence-corrected chi connectivity index (χ1v) is 4.11. The third kappa shape index (κ3) is 4.63. The molecule has 0 aromatic carbocycles. The molecule has 0 saturated heterocycles. The second kappa shape index (κ2) is 6.23. The van der Waals surface area contributed by atoms with Crippen LogP contribution in [0.15, 0.2) is 12.0 Å². The van der Waals surface area contributed by atoms with E-state index in [2.05, 4.69) is 4.74 Å². The SMILES string of the molecule is CC(=O)OC[C@@H](O)[C@@H](O)[C@H](O)C(O)=CO. The lowest BCUT2D eigenvalue weighted by atomic mass is 10.1. The lowest BCUT2D eigenvalue weighted by Gasteiger charge is -2.21. The quantitative estimate of drug-likeness (QED) is 0.285. The summed E-state index contributed by atoms with van der Waals surface area (Å²) in [4.78, 5) is 10.4. The molecule has 0 amide bonds. The molecule has 5 N–H and O–H groups in total. The number of carbonyl (C=O) groups excluding carboxylic acids is 1. The summed E-state index contributed by atoms with van der Waals surface area (Å²) in [6, 6.07) is 0. The van der Waals surface area contributed by atoms with Crippen molar-refractivity contribution >= 4 is 5.97 Å². The Bertz CT molecular complexity index is 237. The van der Waals surface area contributed by atoms with Crippen molar-refractivity contribution in [2.24, 2.45) is 0 Å². The molecule has 3 atom stereocenters. The Morgan fingerprint density at radius 2 is 1.93 bits per heavy atom. The summed E-state index contributed by atoms with van der Waals surface area (Å²) in [6.07, 6.45) is -4.99. The van der Waals surface area contributed by atoms with Crippen LogP contribution >= 0.6 is 0 Å². The Labute approximate surface area is 85.9 Å². The van der Waals surface area contributed by atoms with Gasteiger partial charge in [-0.25, -0.2) is 0 Å². The van der Waals surface area contributed by atoms with Crippen molar-refractivity contribution in [3.63, 3.8) is 0 Å². The van der Waals surface area contributed by atoms with Crippen LogP contribution in [0, 0.1) is 0 Å². The molecule has 0 aliphatic carbocycles. The predicted molar refractivity (Wildman–Crippen MR) is 48.0 cm³/mol. The zero-order valence-corrected chi connectivity index (χ0v) is 8.07. The van der Waals surface area contributed by atoms with Crippen molar-refractivity contribution < 1.29 is 35.1 Å². The first-order chi connectivity index (χ1) is 6.90. The summed E-state index contributed by atoms with van der Waals surface area (Å²) in [5.74, 6) is -1.55. The van der Waals surface area contributed by atoms with Gasteiger partial charge in [0.1, 0.15) is 31.2 Å². The molecule has 0 unspecified atom stereocenters. The van der Waals surface area contributed by atoms with Crippen molar-refractivity contribution in [2.45, 2.75) is 25.2 Å². The molecule has 0 aliphatic heterocycles. The fourth-order valence-corrected chi connectivity index (χ4v) is 0.763. The highest BCUT2D eigenvalue weighted by atomic mass is 16.5. The summed E-state index contributed by atoms with van der Waals surface area (Å²) in [5.41, 5.74) is 0. The number of ether oxygens (including phenoxy) is 1. The molecule has 0 saturated carbocycles. The first kappa shape index (κ1) is 13.7. The third-order valence-corrected chi connectivity index (χ3v) is 1.61. The Morgan fingerprint density at radius 3 is 2.33 bits per heavy atom. The predicted octanol–water partition coefficient (Wildman–Crippen LogP) is -1.41. The van der Waals surface area contributed by atoms with E-state index in [1.807, 2.05) is 0 Å². The van der Waals surface area contributed by atoms with Crippen LogP contribution in [0.25, 0.3) is 0 Å². The molecule has 88 valence electrons. The maximum absolute atomic E-state index is 10.4. The third-order valence-electron chi connectivity index (χ3n) is 1.61. The van der Waals surface area contributed by atoms with E-state index >= 15 is 0 Å². The molecule has 15 heavy (non-hydrogen) atoms. The maximum atomic E-state index is 10.4. The molecule has 7 nitrogen and oxygen atoms in total. The lowest BCUT2D eigenvalue weighted by Crippen LogP contribution is -2.41. The Balaban J connectivity index is 4.18. The standard InChI is InChI=1S/C8H14O7/c1-4(10)15-3-6(12)8(14)7(13)5(11)2-9/h2,6-9,11-14H,3H2,1H3/t6-,7-,8-/m1/s1. The van der Waals surface area contributed by atoms with Crippen LogP contribution in [-0.2, 0) is 9.53 Å². The van der Waals surface area contributed by atoms with Gasteiger partial charge in [0, 0.05) is 6.92 Å². The van der Waals surface area contributed by atoms with Crippen LogP contribution in [0.1, 0.15) is 6.92 Å². The van der Waals surface area contributed by atoms with E-state index in [1.54, 1.807) is 0 Å². The number of esters is 1. The van der Waals surface area contributed by atoms with Crippen LogP contribution < -0.4 is 0 Å². The molecule has 7 heteroatoms. The van der Waals surface area contributed by atoms with E-state index in [9.17, 15) is 15.0 Å². The second-order valence-corrected chi connectivity index (χ2v) is 2.86.